The molecule has 0 unspecified atom stereocenters. The Morgan fingerprint density at radius 3 is 2.72 bits per heavy atom. The van der Waals surface area contributed by atoms with Crippen molar-refractivity contribution in [2.45, 2.75) is 6.92 Å². The van der Waals surface area contributed by atoms with Gasteiger partial charge in [0, 0.05) is 18.9 Å². The lowest BCUT2D eigenvalue weighted by atomic mass is 10.4. The molecule has 0 bridgehead atoms. The predicted octanol–water partition coefficient (Wildman–Crippen LogP) is -0.521. The Hall–Kier alpha value is -2.51. The Kier molecular flexibility index (Phi) is 5.23. The maximum absolute atomic E-state index is 11.4. The molecule has 96 valence electrons. The highest BCUT2D eigenvalue weighted by Gasteiger charge is 2.12. The molecule has 0 aliphatic rings. The summed E-state index contributed by atoms with van der Waals surface area (Å²) >= 11 is 0. The largest absolute Gasteiger partial charge is 0.451 e. The van der Waals surface area contributed by atoms with Gasteiger partial charge in [0.15, 0.2) is 12.3 Å². The molecule has 18 heavy (non-hydrogen) atoms. The van der Waals surface area contributed by atoms with Gasteiger partial charge in [-0.3, -0.25) is 15.1 Å². The van der Waals surface area contributed by atoms with Crippen LogP contribution in [0, 0.1) is 0 Å². The number of imide groups is 1. The number of hydrogen-bond acceptors (Lipinski definition) is 6. The van der Waals surface area contributed by atoms with Gasteiger partial charge in [-0.1, -0.05) is 0 Å². The van der Waals surface area contributed by atoms with Gasteiger partial charge >= 0.3 is 12.0 Å². The summed E-state index contributed by atoms with van der Waals surface area (Å²) < 4.78 is 4.64. The summed E-state index contributed by atoms with van der Waals surface area (Å²) in [6, 6.07) is -0.641. The Balaban J connectivity index is 2.35. The molecule has 1 rings (SSSR count). The summed E-state index contributed by atoms with van der Waals surface area (Å²) in [6.07, 6.45) is 3.94. The molecule has 1 aromatic rings. The number of carbonyl (C=O) groups is 3. The van der Waals surface area contributed by atoms with Crippen molar-refractivity contribution in [1.82, 2.24) is 20.6 Å². The number of urea groups is 1. The number of hydrogen-bond donors (Lipinski definition) is 2. The second-order valence-electron chi connectivity index (χ2n) is 3.07. The first-order chi connectivity index (χ1) is 8.63. The number of nitrogens with one attached hydrogen (secondary N) is 2. The van der Waals surface area contributed by atoms with E-state index in [1.54, 1.807) is 6.92 Å². The smallest absolute Gasteiger partial charge is 0.359 e. The van der Waals surface area contributed by atoms with Crippen LogP contribution in [0.2, 0.25) is 0 Å². The molecule has 0 radical (unpaired) electrons. The molecule has 0 fully saturated rings. The molecule has 0 spiro atoms. The third-order valence-corrected chi connectivity index (χ3v) is 1.70. The van der Waals surface area contributed by atoms with Crippen LogP contribution in [0.3, 0.4) is 0 Å². The van der Waals surface area contributed by atoms with Gasteiger partial charge in [-0.05, 0) is 6.92 Å². The number of ether oxygens (including phenoxy) is 1. The van der Waals surface area contributed by atoms with Gasteiger partial charge in [-0.15, -0.1) is 0 Å². The number of amides is 3. The Labute approximate surface area is 103 Å². The average molecular weight is 252 g/mol. The first kappa shape index (κ1) is 13.6. The van der Waals surface area contributed by atoms with Crippen LogP contribution in [0.25, 0.3) is 0 Å². The first-order valence-corrected chi connectivity index (χ1v) is 5.14. The molecule has 0 saturated carbocycles. The lowest BCUT2D eigenvalue weighted by Crippen LogP contribution is -2.41. The van der Waals surface area contributed by atoms with Gasteiger partial charge in [-0.2, -0.15) is 0 Å². The zero-order valence-electron chi connectivity index (χ0n) is 9.67. The zero-order valence-corrected chi connectivity index (χ0v) is 9.67. The van der Waals surface area contributed by atoms with Crippen molar-refractivity contribution in [2.24, 2.45) is 0 Å². The van der Waals surface area contributed by atoms with E-state index in [0.717, 1.165) is 0 Å². The summed E-state index contributed by atoms with van der Waals surface area (Å²) in [7, 11) is 0. The molecular formula is C10H12N4O4. The molecule has 0 aliphatic heterocycles. The van der Waals surface area contributed by atoms with E-state index in [2.05, 4.69) is 20.0 Å². The quantitative estimate of drug-likeness (QED) is 0.697. The molecule has 2 N–H and O–H groups in total. The lowest BCUT2D eigenvalue weighted by molar-refractivity contribution is -0.123. The van der Waals surface area contributed by atoms with Crippen LogP contribution in [0.15, 0.2) is 18.6 Å². The molecule has 0 aliphatic carbocycles. The van der Waals surface area contributed by atoms with E-state index < -0.39 is 24.5 Å². The van der Waals surface area contributed by atoms with Gasteiger partial charge in [0.05, 0.1) is 6.20 Å². The summed E-state index contributed by atoms with van der Waals surface area (Å²) in [6.45, 7) is 1.53. The van der Waals surface area contributed by atoms with Crippen molar-refractivity contribution in [3.63, 3.8) is 0 Å². The van der Waals surface area contributed by atoms with E-state index in [0.29, 0.717) is 6.54 Å². The van der Waals surface area contributed by atoms with Crippen molar-refractivity contribution in [3.8, 4) is 0 Å². The standard InChI is InChI=1S/C10H12N4O4/c1-2-12-10(17)14-8(15)6-18-9(16)7-5-11-3-4-13-7/h3-5H,2,6H2,1H3,(H2,12,14,15,17). The molecule has 3 amide bonds. The number of rotatable bonds is 4. The molecule has 8 heteroatoms. The van der Waals surface area contributed by atoms with Crippen molar-refractivity contribution >= 4 is 17.9 Å². The SMILES string of the molecule is CCNC(=O)NC(=O)COC(=O)c1cnccn1. The van der Waals surface area contributed by atoms with Crippen molar-refractivity contribution in [1.29, 1.82) is 0 Å². The minimum Gasteiger partial charge on any atom is -0.451 e. The fraction of sp³-hybridized carbons (Fsp3) is 0.300. The monoisotopic (exact) mass is 252 g/mol. The summed E-state index contributed by atoms with van der Waals surface area (Å²) in [4.78, 5) is 40.9. The van der Waals surface area contributed by atoms with E-state index >= 15 is 0 Å². The number of nitrogens with zero attached hydrogens (tertiary/aromatic N) is 2. The lowest BCUT2D eigenvalue weighted by Gasteiger charge is -2.05. The van der Waals surface area contributed by atoms with E-state index in [1.807, 2.05) is 5.32 Å². The Morgan fingerprint density at radius 1 is 1.33 bits per heavy atom. The second-order valence-corrected chi connectivity index (χ2v) is 3.07. The Morgan fingerprint density at radius 2 is 2.11 bits per heavy atom. The number of aromatic nitrogens is 2. The minimum atomic E-state index is -0.783. The Bertz CT molecular complexity index is 435. The van der Waals surface area contributed by atoms with Crippen LogP contribution in [0.1, 0.15) is 17.4 Å². The highest BCUT2D eigenvalue weighted by molar-refractivity contribution is 5.96. The zero-order chi connectivity index (χ0) is 13.4. The van der Waals surface area contributed by atoms with Crippen molar-refractivity contribution in [3.05, 3.63) is 24.3 Å². The number of carbonyl (C=O) groups excluding carboxylic acids is 3. The van der Waals surface area contributed by atoms with Gasteiger partial charge < -0.3 is 10.1 Å². The minimum absolute atomic E-state index is 0.0108. The first-order valence-electron chi connectivity index (χ1n) is 5.14. The summed E-state index contributed by atoms with van der Waals surface area (Å²) in [5.74, 6) is -1.51. The van der Waals surface area contributed by atoms with E-state index in [-0.39, 0.29) is 5.69 Å². The highest BCUT2D eigenvalue weighted by Crippen LogP contribution is 1.93. The van der Waals surface area contributed by atoms with E-state index in [4.69, 9.17) is 0 Å². The molecule has 1 aromatic heterocycles. The molecule has 0 atom stereocenters. The maximum atomic E-state index is 11.4. The predicted molar refractivity (Wildman–Crippen MR) is 59.5 cm³/mol. The average Bonchev–Trinajstić information content (AvgIpc) is 2.37. The van der Waals surface area contributed by atoms with Gasteiger partial charge in [-0.25, -0.2) is 14.6 Å². The molecule has 0 aromatic carbocycles. The fourth-order valence-corrected chi connectivity index (χ4v) is 0.977. The summed E-state index contributed by atoms with van der Waals surface area (Å²) in [5.41, 5.74) is -0.0108. The highest BCUT2D eigenvalue weighted by atomic mass is 16.5. The fourth-order valence-electron chi connectivity index (χ4n) is 0.977. The van der Waals surface area contributed by atoms with Crippen LogP contribution < -0.4 is 10.6 Å². The van der Waals surface area contributed by atoms with Crippen LogP contribution in [0.5, 0.6) is 0 Å². The third kappa shape index (κ3) is 4.56. The van der Waals surface area contributed by atoms with Crippen molar-refractivity contribution < 1.29 is 19.1 Å². The summed E-state index contributed by atoms with van der Waals surface area (Å²) in [5, 5.41) is 4.35. The van der Waals surface area contributed by atoms with Crippen molar-refractivity contribution in [2.75, 3.05) is 13.2 Å². The molecular weight excluding hydrogens is 240 g/mol. The molecule has 8 nitrogen and oxygen atoms in total. The maximum Gasteiger partial charge on any atom is 0.359 e. The topological polar surface area (TPSA) is 110 Å². The van der Waals surface area contributed by atoms with E-state index in [1.165, 1.54) is 18.6 Å². The molecule has 0 saturated heterocycles. The third-order valence-electron chi connectivity index (χ3n) is 1.70. The molecule has 1 heterocycles. The van der Waals surface area contributed by atoms with Gasteiger partial charge in [0.1, 0.15) is 0 Å². The second kappa shape index (κ2) is 6.94. The van der Waals surface area contributed by atoms with Gasteiger partial charge in [0.2, 0.25) is 0 Å². The normalized spacial score (nSPS) is 9.39. The van der Waals surface area contributed by atoms with Crippen LogP contribution in [-0.2, 0) is 9.53 Å². The van der Waals surface area contributed by atoms with Crippen LogP contribution in [0.4, 0.5) is 4.79 Å². The number of esters is 1. The van der Waals surface area contributed by atoms with Crippen LogP contribution in [-0.4, -0.2) is 41.0 Å². The van der Waals surface area contributed by atoms with Crippen LogP contribution >= 0.6 is 0 Å². The van der Waals surface area contributed by atoms with Gasteiger partial charge in [0.25, 0.3) is 5.91 Å². The van der Waals surface area contributed by atoms with E-state index in [9.17, 15) is 14.4 Å².